The molecule has 0 saturated carbocycles. The van der Waals surface area contributed by atoms with Crippen LogP contribution in [-0.2, 0) is 18.3 Å². The van der Waals surface area contributed by atoms with Gasteiger partial charge in [-0.1, -0.05) is 123 Å². The third-order valence-electron chi connectivity index (χ3n) is 12.3. The zero-order valence-corrected chi connectivity index (χ0v) is 29.9. The Kier molecular flexibility index (Phi) is 7.28. The van der Waals surface area contributed by atoms with Gasteiger partial charge in [-0.25, -0.2) is 0 Å². The number of para-hydroxylation sites is 2. The summed E-state index contributed by atoms with van der Waals surface area (Å²) in [6, 6.07) is 56.7. The summed E-state index contributed by atoms with van der Waals surface area (Å²) >= 11 is 0. The van der Waals surface area contributed by atoms with E-state index in [1.165, 1.54) is 77.6 Å². The lowest BCUT2D eigenvalue weighted by Crippen LogP contribution is -2.26. The first-order valence-electron chi connectivity index (χ1n) is 19.0. The minimum atomic E-state index is -0.0282. The van der Waals surface area contributed by atoms with E-state index in [4.69, 9.17) is 0 Å². The Balaban J connectivity index is 0.956. The number of pyridine rings is 1. The minimum absolute atomic E-state index is 0.0282. The van der Waals surface area contributed by atoms with E-state index in [2.05, 4.69) is 169 Å². The molecule has 0 amide bonds. The Morgan fingerprint density at radius 3 is 2.04 bits per heavy atom. The molecule has 0 saturated heterocycles. The van der Waals surface area contributed by atoms with Gasteiger partial charge in [0.15, 0.2) is 0 Å². The van der Waals surface area contributed by atoms with E-state index in [0.29, 0.717) is 11.8 Å². The van der Waals surface area contributed by atoms with Crippen molar-refractivity contribution in [3.8, 4) is 28.1 Å². The van der Waals surface area contributed by atoms with Crippen LogP contribution in [0.25, 0.3) is 49.9 Å². The van der Waals surface area contributed by atoms with Gasteiger partial charge >= 0.3 is 0 Å². The van der Waals surface area contributed by atoms with Gasteiger partial charge in [-0.2, -0.15) is 0 Å². The molecule has 0 fully saturated rings. The fourth-order valence-corrected chi connectivity index (χ4v) is 9.73. The predicted octanol–water partition coefficient (Wildman–Crippen LogP) is 12.6. The molecule has 2 aromatic heterocycles. The lowest BCUT2D eigenvalue weighted by atomic mass is 9.74. The second-order valence-electron chi connectivity index (χ2n) is 15.2. The first-order chi connectivity index (χ1) is 25.6. The standard InChI is InChI=1S/C50H42N2/c1-3-34(28-33(2)35-21-24-40(25-22-35)52-48-17-8-5-13-43(48)44-14-6-9-18-49(44)52)36-23-26-42-41-12-4-7-15-45(41)50(46(42)30-36)31-38-20-19-37(29-39(38)32-50)47-16-10-11-27-51-47/h4-27,29-30,33-34H,3,28,31-32H2,1-2H3. The number of aromatic nitrogens is 2. The average molecular weight is 671 g/mol. The van der Waals surface area contributed by atoms with Crippen LogP contribution in [0.5, 0.6) is 0 Å². The first-order valence-corrected chi connectivity index (χ1v) is 19.0. The molecule has 0 N–H and O–H groups in total. The predicted molar refractivity (Wildman–Crippen MR) is 217 cm³/mol. The van der Waals surface area contributed by atoms with Crippen LogP contribution in [0.15, 0.2) is 158 Å². The van der Waals surface area contributed by atoms with Crippen LogP contribution >= 0.6 is 0 Å². The van der Waals surface area contributed by atoms with Crippen molar-refractivity contribution in [3.63, 3.8) is 0 Å². The molecule has 2 aliphatic carbocycles. The summed E-state index contributed by atoms with van der Waals surface area (Å²) in [5, 5.41) is 2.60. The van der Waals surface area contributed by atoms with E-state index in [9.17, 15) is 0 Å². The second kappa shape index (κ2) is 12.2. The van der Waals surface area contributed by atoms with Crippen LogP contribution in [0.3, 0.4) is 0 Å². The molecule has 252 valence electrons. The van der Waals surface area contributed by atoms with Crippen molar-refractivity contribution in [1.29, 1.82) is 0 Å². The number of benzene rings is 6. The first kappa shape index (κ1) is 31.0. The van der Waals surface area contributed by atoms with Crippen LogP contribution in [0.4, 0.5) is 0 Å². The number of rotatable bonds is 7. The Morgan fingerprint density at radius 2 is 1.29 bits per heavy atom. The Hall–Kier alpha value is -5.73. The maximum atomic E-state index is 4.66. The molecule has 3 unspecified atom stereocenters. The van der Waals surface area contributed by atoms with Gasteiger partial charge in [0.05, 0.1) is 16.7 Å². The van der Waals surface area contributed by atoms with Gasteiger partial charge in [0, 0.05) is 33.6 Å². The van der Waals surface area contributed by atoms with Crippen molar-refractivity contribution in [2.45, 2.75) is 56.8 Å². The fourth-order valence-electron chi connectivity index (χ4n) is 9.73. The van der Waals surface area contributed by atoms with Crippen LogP contribution < -0.4 is 0 Å². The smallest absolute Gasteiger partial charge is 0.0702 e. The van der Waals surface area contributed by atoms with E-state index >= 15 is 0 Å². The summed E-state index contributed by atoms with van der Waals surface area (Å²) in [5.74, 6) is 0.926. The Bertz CT molecular complexity index is 2560. The summed E-state index contributed by atoms with van der Waals surface area (Å²) in [6.07, 6.45) is 6.21. The molecule has 1 spiro atoms. The molecule has 0 bridgehead atoms. The van der Waals surface area contributed by atoms with E-state index in [0.717, 1.165) is 31.4 Å². The van der Waals surface area contributed by atoms with Gasteiger partial charge in [0.2, 0.25) is 0 Å². The highest BCUT2D eigenvalue weighted by molar-refractivity contribution is 6.09. The third kappa shape index (κ3) is 4.81. The summed E-state index contributed by atoms with van der Waals surface area (Å²) in [6.45, 7) is 4.78. The number of nitrogens with zero attached hydrogens (tertiary/aromatic N) is 2. The fraction of sp³-hybridized carbons (Fsp3) is 0.180. The SMILES string of the molecule is CCC(CC(C)c1ccc(-n2c3ccccc3c3ccccc32)cc1)c1ccc2c(c1)C1(Cc3ccc(-c4ccccn4)cc3C1)c1ccccc1-2. The third-order valence-corrected chi connectivity index (χ3v) is 12.3. The van der Waals surface area contributed by atoms with E-state index < -0.39 is 0 Å². The van der Waals surface area contributed by atoms with Crippen molar-refractivity contribution in [1.82, 2.24) is 9.55 Å². The van der Waals surface area contributed by atoms with Gasteiger partial charge in [0.1, 0.15) is 0 Å². The average Bonchev–Trinajstić information content (AvgIpc) is 3.85. The van der Waals surface area contributed by atoms with Gasteiger partial charge < -0.3 is 4.57 Å². The number of fused-ring (bicyclic) bond motifs is 9. The number of hydrogen-bond donors (Lipinski definition) is 0. The second-order valence-corrected chi connectivity index (χ2v) is 15.2. The molecule has 3 atom stereocenters. The zero-order valence-electron chi connectivity index (χ0n) is 29.9. The highest BCUT2D eigenvalue weighted by Crippen LogP contribution is 2.56. The number of hydrogen-bond acceptors (Lipinski definition) is 1. The van der Waals surface area contributed by atoms with E-state index in [1.54, 1.807) is 0 Å². The van der Waals surface area contributed by atoms with Gasteiger partial charge in [-0.3, -0.25) is 4.98 Å². The lowest BCUT2D eigenvalue weighted by Gasteiger charge is -2.28. The van der Waals surface area contributed by atoms with Crippen molar-refractivity contribution >= 4 is 21.8 Å². The molecule has 2 heterocycles. The summed E-state index contributed by atoms with van der Waals surface area (Å²) < 4.78 is 2.41. The lowest BCUT2D eigenvalue weighted by molar-refractivity contribution is 0.537. The van der Waals surface area contributed by atoms with Crippen LogP contribution in [0.1, 0.15) is 71.9 Å². The highest BCUT2D eigenvalue weighted by Gasteiger charge is 2.47. The maximum Gasteiger partial charge on any atom is 0.0702 e. The van der Waals surface area contributed by atoms with Crippen LogP contribution in [0, 0.1) is 0 Å². The normalized spacial score (nSPS) is 17.0. The van der Waals surface area contributed by atoms with Gasteiger partial charge in [0.25, 0.3) is 0 Å². The van der Waals surface area contributed by atoms with Crippen molar-refractivity contribution in [2.24, 2.45) is 0 Å². The van der Waals surface area contributed by atoms with Crippen molar-refractivity contribution in [3.05, 3.63) is 191 Å². The van der Waals surface area contributed by atoms with Gasteiger partial charge in [-0.15, -0.1) is 0 Å². The molecule has 6 aromatic carbocycles. The largest absolute Gasteiger partial charge is 0.309 e. The molecule has 8 aromatic rings. The van der Waals surface area contributed by atoms with Crippen LogP contribution in [0.2, 0.25) is 0 Å². The van der Waals surface area contributed by atoms with E-state index in [-0.39, 0.29) is 5.41 Å². The van der Waals surface area contributed by atoms with E-state index in [1.807, 2.05) is 12.3 Å². The summed E-state index contributed by atoms with van der Waals surface area (Å²) in [7, 11) is 0. The molecule has 0 radical (unpaired) electrons. The quantitative estimate of drug-likeness (QED) is 0.165. The molecule has 52 heavy (non-hydrogen) atoms. The Morgan fingerprint density at radius 1 is 0.615 bits per heavy atom. The molecule has 0 aliphatic heterocycles. The monoisotopic (exact) mass is 670 g/mol. The van der Waals surface area contributed by atoms with Crippen molar-refractivity contribution < 1.29 is 0 Å². The zero-order chi connectivity index (χ0) is 34.8. The Labute approximate surface area is 306 Å². The summed E-state index contributed by atoms with van der Waals surface area (Å²) in [4.78, 5) is 4.66. The molecule has 2 heteroatoms. The van der Waals surface area contributed by atoms with Gasteiger partial charge in [-0.05, 0) is 124 Å². The molecular formula is C50H42N2. The minimum Gasteiger partial charge on any atom is -0.309 e. The molecule has 2 aliphatic rings. The molecular weight excluding hydrogens is 629 g/mol. The summed E-state index contributed by atoms with van der Waals surface area (Å²) in [5.41, 5.74) is 17.6. The maximum absolute atomic E-state index is 4.66. The van der Waals surface area contributed by atoms with Crippen molar-refractivity contribution in [2.75, 3.05) is 0 Å². The molecule has 10 rings (SSSR count). The highest BCUT2D eigenvalue weighted by atomic mass is 15.0. The van der Waals surface area contributed by atoms with Crippen LogP contribution in [-0.4, -0.2) is 9.55 Å². The topological polar surface area (TPSA) is 17.8 Å². The molecule has 2 nitrogen and oxygen atoms in total.